The van der Waals surface area contributed by atoms with Crippen LogP contribution in [0.1, 0.15) is 97.8 Å². The van der Waals surface area contributed by atoms with Gasteiger partial charge in [0, 0.05) is 5.54 Å². The highest BCUT2D eigenvalue weighted by Crippen LogP contribution is 2.13. The summed E-state index contributed by atoms with van der Waals surface area (Å²) in [6.07, 6.45) is 16.8. The summed E-state index contributed by atoms with van der Waals surface area (Å²) in [4.78, 5) is 0. The maximum atomic E-state index is 5.87. The second kappa shape index (κ2) is 17.8. The highest BCUT2D eigenvalue weighted by atomic mass is 127. The summed E-state index contributed by atoms with van der Waals surface area (Å²) < 4.78 is 5.87. The molecule has 0 spiro atoms. The van der Waals surface area contributed by atoms with Gasteiger partial charge in [0.15, 0.2) is 0 Å². The summed E-state index contributed by atoms with van der Waals surface area (Å²) in [7, 11) is 0. The van der Waals surface area contributed by atoms with Gasteiger partial charge < -0.3 is 10.1 Å². The third-order valence-electron chi connectivity index (χ3n) is 4.98. The predicted octanol–water partition coefficient (Wildman–Crippen LogP) is 7.75. The molecule has 2 nitrogen and oxygen atoms in total. The van der Waals surface area contributed by atoms with E-state index in [0.29, 0.717) is 6.61 Å². The van der Waals surface area contributed by atoms with Gasteiger partial charge in [-0.1, -0.05) is 95.8 Å². The van der Waals surface area contributed by atoms with Crippen molar-refractivity contribution in [2.24, 2.45) is 0 Å². The number of ether oxygens (including phenoxy) is 1. The molecular weight excluding hydrogens is 445 g/mol. The van der Waals surface area contributed by atoms with Crippen molar-refractivity contribution in [3.8, 4) is 5.75 Å². The molecule has 27 heavy (non-hydrogen) atoms. The minimum absolute atomic E-state index is 0. The van der Waals surface area contributed by atoms with Crippen LogP contribution in [0, 0.1) is 0 Å². The summed E-state index contributed by atoms with van der Waals surface area (Å²) in [5, 5.41) is 3.64. The number of rotatable bonds is 17. The van der Waals surface area contributed by atoms with Gasteiger partial charge in [-0.05, 0) is 38.9 Å². The zero-order valence-corrected chi connectivity index (χ0v) is 20.4. The summed E-state index contributed by atoms with van der Waals surface area (Å²) in [5.41, 5.74) is 0.0214. The SMILES string of the molecule is CCCCCCCCCCCCCCNC(C)(C)COc1ccccc1.I. The Labute approximate surface area is 186 Å². The van der Waals surface area contributed by atoms with Crippen LogP contribution >= 0.6 is 24.0 Å². The second-order valence-corrected chi connectivity index (χ2v) is 8.30. The highest BCUT2D eigenvalue weighted by molar-refractivity contribution is 14.0. The fourth-order valence-electron chi connectivity index (χ4n) is 3.22. The van der Waals surface area contributed by atoms with Gasteiger partial charge >= 0.3 is 0 Å². The van der Waals surface area contributed by atoms with Crippen LogP contribution in [0.4, 0.5) is 0 Å². The number of hydrogen-bond donors (Lipinski definition) is 1. The molecule has 0 unspecified atom stereocenters. The number of hydrogen-bond acceptors (Lipinski definition) is 2. The number of halogens is 1. The van der Waals surface area contributed by atoms with Gasteiger partial charge in [-0.2, -0.15) is 0 Å². The molecular formula is C24H44INO. The van der Waals surface area contributed by atoms with Crippen molar-refractivity contribution in [3.05, 3.63) is 30.3 Å². The second-order valence-electron chi connectivity index (χ2n) is 8.30. The van der Waals surface area contributed by atoms with Gasteiger partial charge in [-0.3, -0.25) is 0 Å². The maximum Gasteiger partial charge on any atom is 0.119 e. The Morgan fingerprint density at radius 2 is 1.22 bits per heavy atom. The van der Waals surface area contributed by atoms with Crippen molar-refractivity contribution in [2.75, 3.05) is 13.2 Å². The van der Waals surface area contributed by atoms with E-state index in [1.807, 2.05) is 30.3 Å². The summed E-state index contributed by atoms with van der Waals surface area (Å²) in [6, 6.07) is 10.1. The first kappa shape index (κ1) is 26.7. The fraction of sp³-hybridized carbons (Fsp3) is 0.750. The van der Waals surface area contributed by atoms with E-state index in [9.17, 15) is 0 Å². The van der Waals surface area contributed by atoms with E-state index < -0.39 is 0 Å². The molecule has 0 aromatic heterocycles. The first-order valence-corrected chi connectivity index (χ1v) is 11.1. The average molecular weight is 490 g/mol. The molecule has 1 aromatic carbocycles. The molecule has 0 aliphatic rings. The lowest BCUT2D eigenvalue weighted by Crippen LogP contribution is -2.45. The van der Waals surface area contributed by atoms with E-state index >= 15 is 0 Å². The molecule has 0 amide bonds. The van der Waals surface area contributed by atoms with E-state index in [2.05, 4.69) is 26.1 Å². The van der Waals surface area contributed by atoms with E-state index in [4.69, 9.17) is 4.74 Å². The van der Waals surface area contributed by atoms with Crippen molar-refractivity contribution in [1.82, 2.24) is 5.32 Å². The number of benzene rings is 1. The molecule has 0 aliphatic carbocycles. The largest absolute Gasteiger partial charge is 0.492 e. The molecule has 0 bridgehead atoms. The third-order valence-corrected chi connectivity index (χ3v) is 4.98. The van der Waals surface area contributed by atoms with Crippen molar-refractivity contribution >= 4 is 24.0 Å². The summed E-state index contributed by atoms with van der Waals surface area (Å²) in [6.45, 7) is 8.51. The molecule has 1 rings (SSSR count). The first-order chi connectivity index (χ1) is 12.6. The number of nitrogens with one attached hydrogen (secondary N) is 1. The first-order valence-electron chi connectivity index (χ1n) is 11.1. The quantitative estimate of drug-likeness (QED) is 0.178. The molecule has 0 aliphatic heterocycles. The maximum absolute atomic E-state index is 5.87. The molecule has 1 N–H and O–H groups in total. The van der Waals surface area contributed by atoms with Crippen molar-refractivity contribution in [2.45, 2.75) is 103 Å². The Morgan fingerprint density at radius 1 is 0.741 bits per heavy atom. The Morgan fingerprint density at radius 3 is 1.74 bits per heavy atom. The lowest BCUT2D eigenvalue weighted by Gasteiger charge is -2.26. The molecule has 0 radical (unpaired) electrons. The topological polar surface area (TPSA) is 21.3 Å². The number of para-hydroxylation sites is 1. The van der Waals surface area contributed by atoms with Crippen LogP contribution in [-0.2, 0) is 0 Å². The fourth-order valence-corrected chi connectivity index (χ4v) is 3.22. The normalized spacial score (nSPS) is 11.2. The van der Waals surface area contributed by atoms with Gasteiger partial charge in [0.2, 0.25) is 0 Å². The van der Waals surface area contributed by atoms with Gasteiger partial charge in [0.25, 0.3) is 0 Å². The minimum atomic E-state index is 0. The van der Waals surface area contributed by atoms with Gasteiger partial charge in [-0.25, -0.2) is 0 Å². The van der Waals surface area contributed by atoms with Crippen LogP contribution in [-0.4, -0.2) is 18.7 Å². The van der Waals surface area contributed by atoms with Gasteiger partial charge in [0.1, 0.15) is 12.4 Å². The Bertz CT molecular complexity index is 422. The number of unbranched alkanes of at least 4 members (excludes halogenated alkanes) is 11. The molecule has 3 heteroatoms. The van der Waals surface area contributed by atoms with Crippen LogP contribution in [0.5, 0.6) is 5.75 Å². The highest BCUT2D eigenvalue weighted by Gasteiger charge is 2.17. The molecule has 158 valence electrons. The van der Waals surface area contributed by atoms with Crippen LogP contribution < -0.4 is 10.1 Å². The van der Waals surface area contributed by atoms with E-state index in [-0.39, 0.29) is 29.5 Å². The average Bonchev–Trinajstić information content (AvgIpc) is 2.65. The van der Waals surface area contributed by atoms with Crippen LogP contribution in [0.3, 0.4) is 0 Å². The Hall–Kier alpha value is -0.290. The van der Waals surface area contributed by atoms with Gasteiger partial charge in [0.05, 0.1) is 0 Å². The van der Waals surface area contributed by atoms with E-state index in [1.54, 1.807) is 0 Å². The van der Waals surface area contributed by atoms with Gasteiger partial charge in [-0.15, -0.1) is 24.0 Å². The Balaban J connectivity index is 0.00000676. The predicted molar refractivity (Wildman–Crippen MR) is 131 cm³/mol. The monoisotopic (exact) mass is 489 g/mol. The zero-order valence-electron chi connectivity index (χ0n) is 18.1. The van der Waals surface area contributed by atoms with Crippen LogP contribution in [0.2, 0.25) is 0 Å². The van der Waals surface area contributed by atoms with Crippen molar-refractivity contribution < 1.29 is 4.74 Å². The van der Waals surface area contributed by atoms with E-state index in [1.165, 1.54) is 77.0 Å². The minimum Gasteiger partial charge on any atom is -0.492 e. The van der Waals surface area contributed by atoms with Crippen molar-refractivity contribution in [1.29, 1.82) is 0 Å². The molecule has 0 saturated heterocycles. The van der Waals surface area contributed by atoms with Crippen LogP contribution in [0.25, 0.3) is 0 Å². The molecule has 0 atom stereocenters. The lowest BCUT2D eigenvalue weighted by atomic mass is 10.0. The third kappa shape index (κ3) is 16.4. The molecule has 0 fully saturated rings. The summed E-state index contributed by atoms with van der Waals surface area (Å²) >= 11 is 0. The van der Waals surface area contributed by atoms with Crippen LogP contribution in [0.15, 0.2) is 30.3 Å². The molecule has 0 saturated carbocycles. The Kier molecular flexibility index (Phi) is 17.6. The molecule has 0 heterocycles. The zero-order chi connectivity index (χ0) is 18.9. The molecule has 1 aromatic rings. The van der Waals surface area contributed by atoms with E-state index in [0.717, 1.165) is 12.3 Å². The lowest BCUT2D eigenvalue weighted by molar-refractivity contribution is 0.208. The smallest absolute Gasteiger partial charge is 0.119 e. The standard InChI is InChI=1S/C24H43NO.HI/c1-4-5-6-7-8-9-10-11-12-13-14-18-21-25-24(2,3)22-26-23-19-16-15-17-20-23;/h15-17,19-20,25H,4-14,18,21-22H2,1-3H3;1H. The van der Waals surface area contributed by atoms with Crippen molar-refractivity contribution in [3.63, 3.8) is 0 Å². The summed E-state index contributed by atoms with van der Waals surface area (Å²) in [5.74, 6) is 0.952.